The van der Waals surface area contributed by atoms with Crippen LogP contribution in [0.3, 0.4) is 0 Å². The zero-order valence-corrected chi connectivity index (χ0v) is 10.1. The molecule has 3 N–H and O–H groups in total. The molecule has 0 rings (SSSR count). The van der Waals surface area contributed by atoms with Crippen molar-refractivity contribution < 1.29 is 29.3 Å². The van der Waals surface area contributed by atoms with E-state index in [-0.39, 0.29) is 19.8 Å². The van der Waals surface area contributed by atoms with E-state index in [1.807, 2.05) is 0 Å². The Bertz CT molecular complexity index is 214. The van der Waals surface area contributed by atoms with Gasteiger partial charge < -0.3 is 24.5 Å². The second-order valence-electron chi connectivity index (χ2n) is 4.67. The van der Waals surface area contributed by atoms with Gasteiger partial charge in [-0.2, -0.15) is 0 Å². The summed E-state index contributed by atoms with van der Waals surface area (Å²) < 4.78 is 5.40. The first-order valence-electron chi connectivity index (χ1n) is 5.19. The Morgan fingerprint density at radius 2 is 1.94 bits per heavy atom. The van der Waals surface area contributed by atoms with E-state index >= 15 is 0 Å². The van der Waals surface area contributed by atoms with Gasteiger partial charge in [0.25, 0.3) is 0 Å². The third kappa shape index (κ3) is 6.02. The molecule has 16 heavy (non-hydrogen) atoms. The van der Waals surface area contributed by atoms with Crippen LogP contribution < -0.4 is 0 Å². The minimum Gasteiger partial charge on any atom is -0.477 e. The molecule has 0 spiro atoms. The van der Waals surface area contributed by atoms with E-state index in [0.717, 1.165) is 0 Å². The Kier molecular flexibility index (Phi) is 6.51. The maximum absolute atomic E-state index is 11.0. The topological polar surface area (TPSA) is 87.0 Å². The lowest BCUT2D eigenvalue weighted by Gasteiger charge is -2.31. The number of hydrogen-bond acceptors (Lipinski definition) is 4. The molecule has 0 bridgehead atoms. The molecule has 0 aromatic rings. The smallest absolute Gasteiger partial charge is 0.362 e. The van der Waals surface area contributed by atoms with Crippen LogP contribution in [0.1, 0.15) is 6.42 Å². The fourth-order valence-electron chi connectivity index (χ4n) is 1.31. The van der Waals surface area contributed by atoms with Crippen LogP contribution in [0.4, 0.5) is 0 Å². The number of aliphatic hydroxyl groups is 2. The van der Waals surface area contributed by atoms with Gasteiger partial charge >= 0.3 is 5.97 Å². The first kappa shape index (κ1) is 15.3. The van der Waals surface area contributed by atoms with Gasteiger partial charge in [-0.1, -0.05) is 0 Å². The van der Waals surface area contributed by atoms with Crippen molar-refractivity contribution in [2.45, 2.75) is 18.6 Å². The second-order valence-corrected chi connectivity index (χ2v) is 4.67. The summed E-state index contributed by atoms with van der Waals surface area (Å²) in [4.78, 5) is 11.0. The number of nitrogens with zero attached hydrogens (tertiary/aromatic N) is 1. The molecule has 2 atom stereocenters. The number of hydrogen-bond donors (Lipinski definition) is 3. The number of carboxylic acid groups (broad SMARTS) is 1. The molecule has 0 fully saturated rings. The highest BCUT2D eigenvalue weighted by molar-refractivity contribution is 5.72. The summed E-state index contributed by atoms with van der Waals surface area (Å²) in [6.45, 7) is -0.0682. The van der Waals surface area contributed by atoms with Crippen LogP contribution >= 0.6 is 0 Å². The Hall–Kier alpha value is -0.690. The van der Waals surface area contributed by atoms with Gasteiger partial charge in [0, 0.05) is 6.42 Å². The first-order chi connectivity index (χ1) is 7.29. The fraction of sp³-hybridized carbons (Fsp3) is 0.900. The van der Waals surface area contributed by atoms with Crippen molar-refractivity contribution in [2.75, 3.05) is 41.0 Å². The van der Waals surface area contributed by atoms with Gasteiger partial charge in [0.15, 0.2) is 6.04 Å². The summed E-state index contributed by atoms with van der Waals surface area (Å²) >= 11 is 0. The summed E-state index contributed by atoms with van der Waals surface area (Å²) in [5.74, 6) is -0.862. The van der Waals surface area contributed by atoms with E-state index in [1.165, 1.54) is 0 Å². The van der Waals surface area contributed by atoms with Crippen LogP contribution in [0.25, 0.3) is 0 Å². The van der Waals surface area contributed by atoms with Crippen LogP contribution in [-0.2, 0) is 9.53 Å². The summed E-state index contributed by atoms with van der Waals surface area (Å²) in [5, 5.41) is 26.5. The van der Waals surface area contributed by atoms with Crippen molar-refractivity contribution in [1.29, 1.82) is 0 Å². The molecule has 0 aromatic heterocycles. The van der Waals surface area contributed by atoms with Crippen molar-refractivity contribution in [3.05, 3.63) is 0 Å². The maximum Gasteiger partial charge on any atom is 0.362 e. The molecule has 0 heterocycles. The molecule has 0 radical (unpaired) electrons. The summed E-state index contributed by atoms with van der Waals surface area (Å²) in [6.07, 6.45) is -0.524. The molecule has 0 aromatic carbocycles. The lowest BCUT2D eigenvalue weighted by Crippen LogP contribution is -2.50. The van der Waals surface area contributed by atoms with Crippen LogP contribution in [0.2, 0.25) is 0 Å². The Labute approximate surface area is 95.7 Å². The van der Waals surface area contributed by atoms with Gasteiger partial charge in [0.2, 0.25) is 0 Å². The predicted octanol–water partition coefficient (Wildman–Crippen LogP) is -1.09. The predicted molar refractivity (Wildman–Crippen MR) is 58.0 cm³/mol. The highest BCUT2D eigenvalue weighted by Gasteiger charge is 2.30. The molecule has 0 aliphatic carbocycles. The second kappa shape index (κ2) is 6.80. The normalized spacial score (nSPS) is 15.8. The van der Waals surface area contributed by atoms with Crippen molar-refractivity contribution in [1.82, 2.24) is 0 Å². The quantitative estimate of drug-likeness (QED) is 0.368. The van der Waals surface area contributed by atoms with E-state index in [0.29, 0.717) is 10.9 Å². The zero-order chi connectivity index (χ0) is 12.8. The molecule has 96 valence electrons. The maximum atomic E-state index is 11.0. The van der Waals surface area contributed by atoms with E-state index in [9.17, 15) is 4.79 Å². The van der Waals surface area contributed by atoms with Gasteiger partial charge in [0.1, 0.15) is 6.10 Å². The highest BCUT2D eigenvalue weighted by Crippen LogP contribution is 2.08. The lowest BCUT2D eigenvalue weighted by molar-refractivity contribution is -0.887. The molecule has 1 unspecified atom stereocenters. The van der Waals surface area contributed by atoms with Gasteiger partial charge in [-0.05, 0) is 0 Å². The Morgan fingerprint density at radius 3 is 2.31 bits per heavy atom. The lowest BCUT2D eigenvalue weighted by atomic mass is 10.1. The molecule has 0 aliphatic heterocycles. The molecule has 0 amide bonds. The van der Waals surface area contributed by atoms with Crippen molar-refractivity contribution >= 4 is 5.97 Å². The monoisotopic (exact) mass is 236 g/mol. The molecule has 0 saturated heterocycles. The highest BCUT2D eigenvalue weighted by atomic mass is 16.5. The number of rotatable bonds is 8. The number of carboxylic acids is 1. The molecule has 6 nitrogen and oxygen atoms in total. The van der Waals surface area contributed by atoms with E-state index < -0.39 is 18.1 Å². The zero-order valence-electron chi connectivity index (χ0n) is 10.1. The number of ether oxygens (including phenoxy) is 1. The minimum absolute atomic E-state index is 0.0278. The third-order valence-electron chi connectivity index (χ3n) is 2.28. The van der Waals surface area contributed by atoms with E-state index in [2.05, 4.69) is 0 Å². The fourth-order valence-corrected chi connectivity index (χ4v) is 1.31. The van der Waals surface area contributed by atoms with Gasteiger partial charge in [-0.25, -0.2) is 4.79 Å². The van der Waals surface area contributed by atoms with Gasteiger partial charge in [-0.15, -0.1) is 0 Å². The summed E-state index contributed by atoms with van der Waals surface area (Å²) in [6, 6.07) is -0.536. The Morgan fingerprint density at radius 1 is 1.38 bits per heavy atom. The summed E-state index contributed by atoms with van der Waals surface area (Å²) in [5.41, 5.74) is 0. The van der Waals surface area contributed by atoms with Crippen LogP contribution in [0.15, 0.2) is 0 Å². The van der Waals surface area contributed by atoms with E-state index in [4.69, 9.17) is 20.1 Å². The van der Waals surface area contributed by atoms with Gasteiger partial charge in [-0.3, -0.25) is 0 Å². The van der Waals surface area contributed by atoms with Crippen LogP contribution in [0.5, 0.6) is 0 Å². The van der Waals surface area contributed by atoms with Crippen molar-refractivity contribution in [2.24, 2.45) is 0 Å². The van der Waals surface area contributed by atoms with Crippen LogP contribution in [0, 0.1) is 0 Å². The number of likely N-dealkylation sites (N-methyl/N-ethyl adjacent to an activating group) is 1. The number of quaternary nitrogens is 1. The number of aliphatic hydroxyl groups excluding tert-OH is 2. The van der Waals surface area contributed by atoms with Crippen molar-refractivity contribution in [3.8, 4) is 0 Å². The molecular weight excluding hydrogens is 214 g/mol. The molecule has 0 aliphatic rings. The molecule has 6 heteroatoms. The average molecular weight is 236 g/mol. The SMILES string of the molecule is C[N+](C)(C)[C@@H](CCOCC(O)CO)C(=O)O. The van der Waals surface area contributed by atoms with Crippen LogP contribution in [-0.4, -0.2) is 78.9 Å². The van der Waals surface area contributed by atoms with Gasteiger partial charge in [0.05, 0.1) is 41.0 Å². The summed E-state index contributed by atoms with van der Waals surface area (Å²) in [7, 11) is 5.42. The van der Waals surface area contributed by atoms with Crippen molar-refractivity contribution in [3.63, 3.8) is 0 Å². The minimum atomic E-state index is -0.896. The molecule has 0 saturated carbocycles. The third-order valence-corrected chi connectivity index (χ3v) is 2.28. The largest absolute Gasteiger partial charge is 0.477 e. The number of aliphatic carboxylic acids is 1. The standard InChI is InChI=1S/C10H21NO5/c1-11(2,3)9(10(14)15)4-5-16-7-8(13)6-12/h8-9,12-13H,4-7H2,1-3H3/p+1/t8?,9-/m0/s1. The van der Waals surface area contributed by atoms with E-state index in [1.54, 1.807) is 21.1 Å². The Balaban J connectivity index is 3.92. The molecular formula is C10H22NO5+. The number of carbonyl (C=O) groups is 1. The first-order valence-corrected chi connectivity index (χ1v) is 5.19. The average Bonchev–Trinajstić information content (AvgIpc) is 2.14.